The molecule has 0 amide bonds. The number of carbonyl (C=O) groups excluding carboxylic acids is 2. The number of carbonyl (C=O) groups is 2. The first kappa shape index (κ1) is 13.5. The van der Waals surface area contributed by atoms with Crippen LogP contribution in [0, 0.1) is 5.41 Å². The van der Waals surface area contributed by atoms with E-state index in [2.05, 4.69) is 0 Å². The minimum atomic E-state index is -0.981. The minimum absolute atomic E-state index is 0.120. The van der Waals surface area contributed by atoms with Crippen LogP contribution in [0.1, 0.15) is 25.8 Å². The summed E-state index contributed by atoms with van der Waals surface area (Å²) in [4.78, 5) is 23.6. The zero-order chi connectivity index (χ0) is 13.9. The van der Waals surface area contributed by atoms with Gasteiger partial charge in [-0.15, -0.1) is 0 Å². The van der Waals surface area contributed by atoms with Gasteiger partial charge in [0.15, 0.2) is 11.2 Å². The lowest BCUT2D eigenvalue weighted by Crippen LogP contribution is -2.26. The van der Waals surface area contributed by atoms with Crippen LogP contribution < -0.4 is 0 Å². The van der Waals surface area contributed by atoms with Gasteiger partial charge in [0.2, 0.25) is 0 Å². The van der Waals surface area contributed by atoms with Gasteiger partial charge >= 0.3 is 5.97 Å². The number of benzene rings is 1. The summed E-state index contributed by atoms with van der Waals surface area (Å²) in [7, 11) is 0. The molecule has 1 saturated carbocycles. The molecule has 0 heterocycles. The molecular formula is C16H18O3. The third-order valence-electron chi connectivity index (χ3n) is 3.53. The lowest BCUT2D eigenvalue weighted by Gasteiger charge is -2.09. The molecule has 0 spiro atoms. The van der Waals surface area contributed by atoms with Crippen molar-refractivity contribution in [2.45, 2.75) is 26.7 Å². The van der Waals surface area contributed by atoms with Crippen LogP contribution in [0.3, 0.4) is 0 Å². The van der Waals surface area contributed by atoms with E-state index in [1.54, 1.807) is 6.92 Å². The highest BCUT2D eigenvalue weighted by molar-refractivity contribution is 6.11. The maximum atomic E-state index is 11.9. The van der Waals surface area contributed by atoms with Crippen LogP contribution in [0.25, 0.3) is 0 Å². The molecule has 3 heteroatoms. The second-order valence-corrected chi connectivity index (χ2v) is 4.78. The van der Waals surface area contributed by atoms with Crippen molar-refractivity contribution in [3.05, 3.63) is 47.5 Å². The fraction of sp³-hybridized carbons (Fsp3) is 0.375. The molecule has 1 aliphatic rings. The van der Waals surface area contributed by atoms with Crippen molar-refractivity contribution in [1.82, 2.24) is 0 Å². The first-order valence-electron chi connectivity index (χ1n) is 6.53. The molecule has 0 saturated heterocycles. The highest BCUT2D eigenvalue weighted by Crippen LogP contribution is 2.53. The zero-order valence-electron chi connectivity index (χ0n) is 11.3. The summed E-state index contributed by atoms with van der Waals surface area (Å²) in [5.74, 6) is -0.521. The summed E-state index contributed by atoms with van der Waals surface area (Å²) >= 11 is 0. The molecule has 0 aliphatic heterocycles. The van der Waals surface area contributed by atoms with Crippen LogP contribution in [0.2, 0.25) is 0 Å². The smallest absolute Gasteiger partial charge is 0.324 e. The van der Waals surface area contributed by atoms with Gasteiger partial charge in [-0.25, -0.2) is 0 Å². The highest BCUT2D eigenvalue weighted by atomic mass is 16.5. The summed E-state index contributed by atoms with van der Waals surface area (Å²) in [5.41, 5.74) is 1.08. The Labute approximate surface area is 113 Å². The van der Waals surface area contributed by atoms with Crippen LogP contribution >= 0.6 is 0 Å². The summed E-state index contributed by atoms with van der Waals surface area (Å²) in [6.07, 6.45) is 3.23. The average Bonchev–Trinajstić information content (AvgIpc) is 3.14. The Morgan fingerprint density at radius 3 is 2.58 bits per heavy atom. The van der Waals surface area contributed by atoms with Gasteiger partial charge in [0.1, 0.15) is 0 Å². The van der Waals surface area contributed by atoms with Gasteiger partial charge in [0, 0.05) is 0 Å². The molecule has 1 aromatic carbocycles. The largest absolute Gasteiger partial charge is 0.465 e. The van der Waals surface area contributed by atoms with E-state index >= 15 is 0 Å². The second kappa shape index (κ2) is 5.39. The molecule has 0 bridgehead atoms. The van der Waals surface area contributed by atoms with Crippen molar-refractivity contribution in [1.29, 1.82) is 0 Å². The van der Waals surface area contributed by atoms with Gasteiger partial charge in [-0.1, -0.05) is 36.4 Å². The number of hydrogen-bond donors (Lipinski definition) is 0. The van der Waals surface area contributed by atoms with Crippen molar-refractivity contribution in [3.63, 3.8) is 0 Å². The van der Waals surface area contributed by atoms with E-state index < -0.39 is 11.4 Å². The summed E-state index contributed by atoms with van der Waals surface area (Å²) < 4.78 is 5.01. The van der Waals surface area contributed by atoms with Gasteiger partial charge in [-0.3, -0.25) is 9.59 Å². The molecule has 1 atom stereocenters. The number of hydrogen-bond acceptors (Lipinski definition) is 3. The number of rotatable bonds is 5. The summed E-state index contributed by atoms with van der Waals surface area (Å²) in [5, 5.41) is 0. The Balaban J connectivity index is 2.11. The Bertz CT molecular complexity index is 516. The van der Waals surface area contributed by atoms with Crippen LogP contribution in [-0.2, 0) is 20.7 Å². The van der Waals surface area contributed by atoms with Crippen molar-refractivity contribution in [3.8, 4) is 0 Å². The fourth-order valence-corrected chi connectivity index (χ4v) is 2.29. The number of allylic oxidation sites excluding steroid dienone is 1. The Morgan fingerprint density at radius 2 is 2.00 bits per heavy atom. The topological polar surface area (TPSA) is 43.4 Å². The Hall–Kier alpha value is -1.90. The number of ketones is 1. The third-order valence-corrected chi connectivity index (χ3v) is 3.53. The zero-order valence-corrected chi connectivity index (χ0v) is 11.3. The van der Waals surface area contributed by atoms with E-state index in [1.165, 1.54) is 12.5 Å². The molecule has 0 N–H and O–H groups in total. The van der Waals surface area contributed by atoms with Crippen molar-refractivity contribution in [2.75, 3.05) is 6.61 Å². The predicted molar refractivity (Wildman–Crippen MR) is 72.6 cm³/mol. The first-order valence-corrected chi connectivity index (χ1v) is 6.53. The molecule has 1 unspecified atom stereocenters. The maximum Gasteiger partial charge on any atom is 0.324 e. The lowest BCUT2D eigenvalue weighted by molar-refractivity contribution is -0.152. The SMILES string of the molecule is CCOC(=O)C1(C(C)=O)C/C1=C\Cc1ccccc1. The molecule has 1 fully saturated rings. The summed E-state index contributed by atoms with van der Waals surface area (Å²) in [6, 6.07) is 9.97. The van der Waals surface area contributed by atoms with Gasteiger partial charge in [0.25, 0.3) is 0 Å². The monoisotopic (exact) mass is 258 g/mol. The van der Waals surface area contributed by atoms with Gasteiger partial charge in [0.05, 0.1) is 6.61 Å². The standard InChI is InChI=1S/C16H18O3/c1-3-19-15(18)16(12(2)17)11-14(16)10-9-13-7-5-4-6-8-13/h4-8,10H,3,9,11H2,1-2H3/b14-10+. The van der Waals surface area contributed by atoms with Crippen molar-refractivity contribution >= 4 is 11.8 Å². The summed E-state index contributed by atoms with van der Waals surface area (Å²) in [6.45, 7) is 3.52. The lowest BCUT2D eigenvalue weighted by atomic mass is 10.0. The quantitative estimate of drug-likeness (QED) is 0.463. The molecule has 3 nitrogen and oxygen atoms in total. The van der Waals surface area contributed by atoms with Crippen LogP contribution in [-0.4, -0.2) is 18.4 Å². The van der Waals surface area contributed by atoms with Gasteiger partial charge < -0.3 is 4.74 Å². The van der Waals surface area contributed by atoms with E-state index in [0.717, 1.165) is 12.0 Å². The molecule has 2 rings (SSSR count). The van der Waals surface area contributed by atoms with E-state index in [0.29, 0.717) is 13.0 Å². The van der Waals surface area contributed by atoms with Crippen LogP contribution in [0.5, 0.6) is 0 Å². The fourth-order valence-electron chi connectivity index (χ4n) is 2.29. The molecule has 0 aromatic heterocycles. The molecule has 0 radical (unpaired) electrons. The van der Waals surface area contributed by atoms with Crippen molar-refractivity contribution in [2.24, 2.45) is 5.41 Å². The van der Waals surface area contributed by atoms with Crippen LogP contribution in [0.4, 0.5) is 0 Å². The van der Waals surface area contributed by atoms with E-state index in [1.807, 2.05) is 36.4 Å². The maximum absolute atomic E-state index is 11.9. The van der Waals surface area contributed by atoms with E-state index in [-0.39, 0.29) is 5.78 Å². The predicted octanol–water partition coefficient (Wildman–Crippen LogP) is 2.70. The van der Waals surface area contributed by atoms with E-state index in [4.69, 9.17) is 4.74 Å². The molecule has 100 valence electrons. The van der Waals surface area contributed by atoms with E-state index in [9.17, 15) is 9.59 Å². The third kappa shape index (κ3) is 2.60. The van der Waals surface area contributed by atoms with Gasteiger partial charge in [-0.2, -0.15) is 0 Å². The molecule has 1 aliphatic carbocycles. The molecular weight excluding hydrogens is 240 g/mol. The number of ether oxygens (including phenoxy) is 1. The second-order valence-electron chi connectivity index (χ2n) is 4.78. The minimum Gasteiger partial charge on any atom is -0.465 e. The highest BCUT2D eigenvalue weighted by Gasteiger charge is 2.60. The first-order chi connectivity index (χ1) is 9.11. The molecule has 19 heavy (non-hydrogen) atoms. The normalized spacial score (nSPS) is 23.2. The Morgan fingerprint density at radius 1 is 1.32 bits per heavy atom. The number of Topliss-reactive ketones (excluding diaryl/α,β-unsaturated/α-hetero) is 1. The number of esters is 1. The average molecular weight is 258 g/mol. The molecule has 1 aromatic rings. The van der Waals surface area contributed by atoms with Gasteiger partial charge in [-0.05, 0) is 37.8 Å². The van der Waals surface area contributed by atoms with Crippen molar-refractivity contribution < 1.29 is 14.3 Å². The van der Waals surface area contributed by atoms with Crippen LogP contribution in [0.15, 0.2) is 42.0 Å². The Kier molecular flexibility index (Phi) is 3.84.